The lowest BCUT2D eigenvalue weighted by atomic mass is 10.0. The van der Waals surface area contributed by atoms with Gasteiger partial charge in [-0.15, -0.1) is 24.0 Å². The summed E-state index contributed by atoms with van der Waals surface area (Å²) in [7, 11) is 1.67. The largest absolute Gasteiger partial charge is 0.493 e. The molecule has 0 bridgehead atoms. The minimum atomic E-state index is 0. The fraction of sp³-hybridized carbons (Fsp3) is 0.480. The molecule has 0 aliphatic heterocycles. The van der Waals surface area contributed by atoms with Crippen LogP contribution in [0.15, 0.2) is 53.5 Å². The Balaban J connectivity index is 0.00000363. The van der Waals surface area contributed by atoms with Crippen LogP contribution in [-0.4, -0.2) is 44.0 Å². The minimum Gasteiger partial charge on any atom is -0.493 e. The van der Waals surface area contributed by atoms with Crippen LogP contribution in [0.1, 0.15) is 49.7 Å². The first kappa shape index (κ1) is 26.3. The number of nitrogens with one attached hydrogen (secondary N) is 2. The minimum absolute atomic E-state index is 0. The van der Waals surface area contributed by atoms with Gasteiger partial charge in [-0.25, -0.2) is 4.99 Å². The lowest BCUT2D eigenvalue weighted by Crippen LogP contribution is -2.39. The Hall–Kier alpha value is -2.00. The lowest BCUT2D eigenvalue weighted by Gasteiger charge is -2.18. The summed E-state index contributed by atoms with van der Waals surface area (Å²) in [6, 6.07) is 16.0. The molecule has 176 valence electrons. The topological polar surface area (TPSA) is 75.1 Å². The van der Waals surface area contributed by atoms with Crippen LogP contribution in [0.25, 0.3) is 0 Å². The van der Waals surface area contributed by atoms with Gasteiger partial charge in [0.15, 0.2) is 17.5 Å². The number of benzene rings is 2. The summed E-state index contributed by atoms with van der Waals surface area (Å²) in [5, 5.41) is 16.4. The average molecular weight is 553 g/mol. The Morgan fingerprint density at radius 1 is 1.09 bits per heavy atom. The van der Waals surface area contributed by atoms with Crippen molar-refractivity contribution in [3.63, 3.8) is 0 Å². The molecular weight excluding hydrogens is 517 g/mol. The van der Waals surface area contributed by atoms with Gasteiger partial charge in [0.25, 0.3) is 0 Å². The molecule has 1 saturated carbocycles. The van der Waals surface area contributed by atoms with Crippen molar-refractivity contribution in [1.29, 1.82) is 0 Å². The Labute approximate surface area is 208 Å². The van der Waals surface area contributed by atoms with Gasteiger partial charge in [0.2, 0.25) is 0 Å². The van der Waals surface area contributed by atoms with E-state index in [1.165, 1.54) is 12.8 Å². The van der Waals surface area contributed by atoms with E-state index < -0.39 is 0 Å². The molecule has 1 aliphatic rings. The van der Waals surface area contributed by atoms with Crippen molar-refractivity contribution in [3.8, 4) is 11.5 Å². The van der Waals surface area contributed by atoms with Crippen molar-refractivity contribution < 1.29 is 14.6 Å². The third-order valence-electron chi connectivity index (χ3n) is 5.60. The zero-order chi connectivity index (χ0) is 21.9. The number of rotatable bonds is 10. The van der Waals surface area contributed by atoms with E-state index in [1.54, 1.807) is 7.11 Å². The van der Waals surface area contributed by atoms with Crippen molar-refractivity contribution in [2.45, 2.75) is 51.2 Å². The molecule has 0 heterocycles. The number of nitrogens with zero attached hydrogens (tertiary/aromatic N) is 1. The summed E-state index contributed by atoms with van der Waals surface area (Å²) >= 11 is 0. The predicted molar refractivity (Wildman–Crippen MR) is 140 cm³/mol. The Bertz CT molecular complexity index is 826. The van der Waals surface area contributed by atoms with Crippen molar-refractivity contribution in [2.75, 3.05) is 26.8 Å². The molecule has 0 saturated heterocycles. The molecule has 1 aliphatic carbocycles. The SMILES string of the molecule is CCNC(=NCc1ccc(OC)c(OC2CCCC2)c1)NCC(CO)c1ccccc1.I. The molecule has 3 rings (SSSR count). The monoisotopic (exact) mass is 553 g/mol. The van der Waals surface area contributed by atoms with E-state index in [2.05, 4.69) is 10.6 Å². The number of hydrogen-bond donors (Lipinski definition) is 3. The van der Waals surface area contributed by atoms with Gasteiger partial charge in [-0.2, -0.15) is 0 Å². The van der Waals surface area contributed by atoms with Crippen LogP contribution >= 0.6 is 24.0 Å². The molecule has 0 spiro atoms. The zero-order valence-electron chi connectivity index (χ0n) is 19.0. The van der Waals surface area contributed by atoms with Crippen LogP contribution in [0.4, 0.5) is 0 Å². The quantitative estimate of drug-likeness (QED) is 0.230. The molecule has 2 aromatic carbocycles. The number of aliphatic hydroxyl groups is 1. The van der Waals surface area contributed by atoms with E-state index >= 15 is 0 Å². The van der Waals surface area contributed by atoms with Crippen LogP contribution in [0, 0.1) is 0 Å². The van der Waals surface area contributed by atoms with E-state index in [0.717, 1.165) is 48.0 Å². The number of hydrogen-bond acceptors (Lipinski definition) is 4. The first-order chi connectivity index (χ1) is 15.2. The maximum Gasteiger partial charge on any atom is 0.191 e. The van der Waals surface area contributed by atoms with Gasteiger partial charge in [-0.05, 0) is 55.9 Å². The molecule has 1 atom stereocenters. The van der Waals surface area contributed by atoms with Gasteiger partial charge in [0.05, 0.1) is 26.4 Å². The van der Waals surface area contributed by atoms with E-state index in [-0.39, 0.29) is 42.6 Å². The van der Waals surface area contributed by atoms with Gasteiger partial charge < -0.3 is 25.2 Å². The second-order valence-electron chi connectivity index (χ2n) is 7.88. The van der Waals surface area contributed by atoms with E-state index in [1.807, 2.05) is 55.5 Å². The summed E-state index contributed by atoms with van der Waals surface area (Å²) in [4.78, 5) is 4.73. The van der Waals surface area contributed by atoms with Gasteiger partial charge in [-0.3, -0.25) is 0 Å². The fourth-order valence-electron chi connectivity index (χ4n) is 3.84. The molecule has 1 fully saturated rings. The summed E-state index contributed by atoms with van der Waals surface area (Å²) in [5.41, 5.74) is 2.17. The van der Waals surface area contributed by atoms with Gasteiger partial charge in [0.1, 0.15) is 0 Å². The molecule has 3 N–H and O–H groups in total. The first-order valence-corrected chi connectivity index (χ1v) is 11.2. The fourth-order valence-corrected chi connectivity index (χ4v) is 3.84. The van der Waals surface area contributed by atoms with Gasteiger partial charge >= 0.3 is 0 Å². The van der Waals surface area contributed by atoms with Crippen LogP contribution < -0.4 is 20.1 Å². The maximum absolute atomic E-state index is 9.80. The van der Waals surface area contributed by atoms with Crippen molar-refractivity contribution >= 4 is 29.9 Å². The number of aliphatic hydroxyl groups excluding tert-OH is 1. The van der Waals surface area contributed by atoms with E-state index in [9.17, 15) is 5.11 Å². The summed E-state index contributed by atoms with van der Waals surface area (Å²) in [5.74, 6) is 2.30. The molecule has 0 radical (unpaired) electrons. The lowest BCUT2D eigenvalue weighted by molar-refractivity contribution is 0.200. The third kappa shape index (κ3) is 7.85. The third-order valence-corrected chi connectivity index (χ3v) is 5.60. The van der Waals surface area contributed by atoms with Crippen LogP contribution in [0.2, 0.25) is 0 Å². The van der Waals surface area contributed by atoms with Crippen LogP contribution in [0.5, 0.6) is 11.5 Å². The van der Waals surface area contributed by atoms with E-state index in [4.69, 9.17) is 14.5 Å². The van der Waals surface area contributed by atoms with Crippen molar-refractivity contribution in [3.05, 3.63) is 59.7 Å². The number of aliphatic imine (C=N–C) groups is 1. The highest BCUT2D eigenvalue weighted by atomic mass is 127. The summed E-state index contributed by atoms with van der Waals surface area (Å²) in [6.07, 6.45) is 4.94. The maximum atomic E-state index is 9.80. The number of methoxy groups -OCH3 is 1. The van der Waals surface area contributed by atoms with Gasteiger partial charge in [-0.1, -0.05) is 36.4 Å². The molecule has 1 unspecified atom stereocenters. The molecule has 0 amide bonds. The van der Waals surface area contributed by atoms with Crippen molar-refractivity contribution in [2.24, 2.45) is 4.99 Å². The van der Waals surface area contributed by atoms with E-state index in [0.29, 0.717) is 13.1 Å². The molecular formula is C25H36IN3O3. The van der Waals surface area contributed by atoms with Crippen LogP contribution in [0.3, 0.4) is 0 Å². The van der Waals surface area contributed by atoms with Gasteiger partial charge in [0, 0.05) is 19.0 Å². The zero-order valence-corrected chi connectivity index (χ0v) is 21.4. The summed E-state index contributed by atoms with van der Waals surface area (Å²) in [6.45, 7) is 4.01. The normalized spacial score (nSPS) is 15.0. The smallest absolute Gasteiger partial charge is 0.191 e. The Morgan fingerprint density at radius 2 is 1.84 bits per heavy atom. The molecule has 0 aromatic heterocycles. The molecule has 2 aromatic rings. The Morgan fingerprint density at radius 3 is 2.50 bits per heavy atom. The molecule has 6 nitrogen and oxygen atoms in total. The summed E-state index contributed by atoms with van der Waals surface area (Å²) < 4.78 is 11.7. The second-order valence-corrected chi connectivity index (χ2v) is 7.88. The van der Waals surface area contributed by atoms with Crippen LogP contribution in [-0.2, 0) is 6.54 Å². The number of halogens is 1. The second kappa shape index (κ2) is 14.2. The predicted octanol–water partition coefficient (Wildman–Crippen LogP) is 4.47. The molecule has 7 heteroatoms. The molecule has 32 heavy (non-hydrogen) atoms. The number of ether oxygens (including phenoxy) is 2. The Kier molecular flexibility index (Phi) is 11.7. The standard InChI is InChI=1S/C25H35N3O3.HI/c1-3-26-25(28-17-21(18-29)20-9-5-4-6-10-20)27-16-19-13-14-23(30-2)24(15-19)31-22-11-7-8-12-22;/h4-6,9-10,13-15,21-22,29H,3,7-8,11-12,16-18H2,1-2H3,(H2,26,27,28);1H. The highest BCUT2D eigenvalue weighted by Crippen LogP contribution is 2.32. The van der Waals surface area contributed by atoms with Crippen molar-refractivity contribution in [1.82, 2.24) is 10.6 Å². The highest BCUT2D eigenvalue weighted by molar-refractivity contribution is 14.0. The highest BCUT2D eigenvalue weighted by Gasteiger charge is 2.18. The average Bonchev–Trinajstić information content (AvgIpc) is 3.32. The number of guanidine groups is 1. The first-order valence-electron chi connectivity index (χ1n) is 11.2.